The van der Waals surface area contributed by atoms with Crippen molar-refractivity contribution in [2.24, 2.45) is 0 Å². The Labute approximate surface area is 94.9 Å². The molecule has 0 aromatic heterocycles. The van der Waals surface area contributed by atoms with Crippen LogP contribution in [0.5, 0.6) is 0 Å². The largest absolute Gasteiger partial charge is 0.398 e. The van der Waals surface area contributed by atoms with Crippen molar-refractivity contribution in [3.05, 3.63) is 48.6 Å². The molecule has 2 heteroatoms. The van der Waals surface area contributed by atoms with Gasteiger partial charge in [-0.05, 0) is 23.3 Å². The number of hydrogen-bond donors (Lipinski definition) is 2. The van der Waals surface area contributed by atoms with Crippen LogP contribution in [0.15, 0.2) is 37.4 Å². The summed E-state index contributed by atoms with van der Waals surface area (Å²) in [6, 6.07) is 7.58. The van der Waals surface area contributed by atoms with Gasteiger partial charge in [0.05, 0.1) is 0 Å². The molecule has 0 spiro atoms. The molecule has 0 bridgehead atoms. The quantitative estimate of drug-likeness (QED) is 0.747. The number of rotatable bonds is 2. The van der Waals surface area contributed by atoms with Crippen LogP contribution in [0, 0.1) is 0 Å². The van der Waals surface area contributed by atoms with Gasteiger partial charge in [-0.2, -0.15) is 0 Å². The molecule has 0 saturated heterocycles. The van der Waals surface area contributed by atoms with E-state index < -0.39 is 0 Å². The summed E-state index contributed by atoms with van der Waals surface area (Å²) in [5.74, 6) is 0. The Kier molecular flexibility index (Phi) is 2.41. The fourth-order valence-electron chi connectivity index (χ4n) is 1.94. The molecule has 4 N–H and O–H groups in total. The van der Waals surface area contributed by atoms with Gasteiger partial charge in [-0.15, -0.1) is 0 Å². The van der Waals surface area contributed by atoms with E-state index in [1.54, 1.807) is 12.2 Å². The molecular formula is C14H14N2. The first-order chi connectivity index (χ1) is 7.69. The highest BCUT2D eigenvalue weighted by Gasteiger charge is 2.08. The van der Waals surface area contributed by atoms with E-state index in [-0.39, 0.29) is 0 Å². The third kappa shape index (κ3) is 1.36. The zero-order valence-corrected chi connectivity index (χ0v) is 9.03. The van der Waals surface area contributed by atoms with Crippen LogP contribution in [-0.2, 0) is 0 Å². The van der Waals surface area contributed by atoms with Crippen molar-refractivity contribution < 1.29 is 0 Å². The van der Waals surface area contributed by atoms with Gasteiger partial charge >= 0.3 is 0 Å². The fourth-order valence-corrected chi connectivity index (χ4v) is 1.94. The summed E-state index contributed by atoms with van der Waals surface area (Å²) in [5.41, 5.74) is 15.3. The lowest BCUT2D eigenvalue weighted by atomic mass is 9.96. The molecule has 0 fully saturated rings. The van der Waals surface area contributed by atoms with E-state index in [0.29, 0.717) is 11.4 Å². The van der Waals surface area contributed by atoms with Crippen LogP contribution in [0.1, 0.15) is 11.1 Å². The lowest BCUT2D eigenvalue weighted by molar-refractivity contribution is 1.66. The van der Waals surface area contributed by atoms with Crippen molar-refractivity contribution in [2.75, 3.05) is 11.5 Å². The summed E-state index contributed by atoms with van der Waals surface area (Å²) >= 11 is 0. The maximum Gasteiger partial charge on any atom is 0.0415 e. The molecule has 0 amide bonds. The van der Waals surface area contributed by atoms with Gasteiger partial charge in [0.15, 0.2) is 0 Å². The van der Waals surface area contributed by atoms with Crippen molar-refractivity contribution in [1.82, 2.24) is 0 Å². The van der Waals surface area contributed by atoms with E-state index in [2.05, 4.69) is 13.2 Å². The van der Waals surface area contributed by atoms with E-state index in [9.17, 15) is 0 Å². The lowest BCUT2D eigenvalue weighted by Gasteiger charge is -2.11. The van der Waals surface area contributed by atoms with Crippen molar-refractivity contribution in [2.45, 2.75) is 0 Å². The summed E-state index contributed by atoms with van der Waals surface area (Å²) in [6.07, 6.45) is 3.60. The molecule has 0 unspecified atom stereocenters. The van der Waals surface area contributed by atoms with Crippen molar-refractivity contribution in [3.63, 3.8) is 0 Å². The summed E-state index contributed by atoms with van der Waals surface area (Å²) in [6.45, 7) is 7.60. The van der Waals surface area contributed by atoms with Crippen LogP contribution in [0.3, 0.4) is 0 Å². The van der Waals surface area contributed by atoms with Crippen molar-refractivity contribution >= 4 is 34.3 Å². The minimum absolute atomic E-state index is 0.682. The second-order valence-electron chi connectivity index (χ2n) is 3.65. The summed E-state index contributed by atoms with van der Waals surface area (Å²) in [7, 11) is 0. The van der Waals surface area contributed by atoms with E-state index in [0.717, 1.165) is 21.9 Å². The second kappa shape index (κ2) is 3.74. The number of anilines is 2. The highest BCUT2D eigenvalue weighted by molar-refractivity contribution is 6.08. The van der Waals surface area contributed by atoms with Gasteiger partial charge in [0, 0.05) is 22.1 Å². The van der Waals surface area contributed by atoms with E-state index in [1.807, 2.05) is 24.3 Å². The van der Waals surface area contributed by atoms with Crippen molar-refractivity contribution in [1.29, 1.82) is 0 Å². The van der Waals surface area contributed by atoms with E-state index >= 15 is 0 Å². The van der Waals surface area contributed by atoms with Gasteiger partial charge in [-0.3, -0.25) is 0 Å². The molecule has 16 heavy (non-hydrogen) atoms. The summed E-state index contributed by atoms with van der Waals surface area (Å²) < 4.78 is 0. The second-order valence-corrected chi connectivity index (χ2v) is 3.65. The Hall–Kier alpha value is -2.22. The van der Waals surface area contributed by atoms with E-state index in [4.69, 9.17) is 11.5 Å². The normalized spacial score (nSPS) is 10.2. The standard InChI is InChI=1S/C14H14N2/c1-3-9-5-7-11(15)14-12(16)8-6-10(4-2)13(9)14/h3-8H,1-2,15-16H2. The molecule has 2 rings (SSSR count). The van der Waals surface area contributed by atoms with Crippen LogP contribution in [-0.4, -0.2) is 0 Å². The Bertz CT molecular complexity index is 534. The molecular weight excluding hydrogens is 196 g/mol. The monoisotopic (exact) mass is 210 g/mol. The first kappa shape index (κ1) is 10.3. The van der Waals surface area contributed by atoms with Crippen molar-refractivity contribution in [3.8, 4) is 0 Å². The molecule has 0 aliphatic carbocycles. The zero-order valence-electron chi connectivity index (χ0n) is 9.03. The maximum atomic E-state index is 5.96. The first-order valence-corrected chi connectivity index (χ1v) is 5.04. The highest BCUT2D eigenvalue weighted by atomic mass is 14.6. The van der Waals surface area contributed by atoms with Gasteiger partial charge in [-0.1, -0.05) is 37.4 Å². The van der Waals surface area contributed by atoms with Crippen LogP contribution >= 0.6 is 0 Å². The maximum absolute atomic E-state index is 5.96. The average Bonchev–Trinajstić information content (AvgIpc) is 2.30. The van der Waals surface area contributed by atoms with Crippen LogP contribution < -0.4 is 11.5 Å². The number of nitrogen functional groups attached to an aromatic ring is 2. The zero-order chi connectivity index (χ0) is 11.7. The summed E-state index contributed by atoms with van der Waals surface area (Å²) in [5, 5.41) is 1.90. The molecule has 0 heterocycles. The van der Waals surface area contributed by atoms with Gasteiger partial charge in [0.25, 0.3) is 0 Å². The highest BCUT2D eigenvalue weighted by Crippen LogP contribution is 2.33. The molecule has 2 aromatic rings. The minimum atomic E-state index is 0.682. The topological polar surface area (TPSA) is 52.0 Å². The Morgan fingerprint density at radius 2 is 1.19 bits per heavy atom. The molecule has 0 atom stereocenters. The minimum Gasteiger partial charge on any atom is -0.398 e. The average molecular weight is 210 g/mol. The molecule has 0 aliphatic rings. The molecule has 0 aliphatic heterocycles. The molecule has 2 nitrogen and oxygen atoms in total. The number of hydrogen-bond acceptors (Lipinski definition) is 2. The van der Waals surface area contributed by atoms with Gasteiger partial charge in [-0.25, -0.2) is 0 Å². The lowest BCUT2D eigenvalue weighted by Crippen LogP contribution is -1.95. The Morgan fingerprint density at radius 1 is 0.750 bits per heavy atom. The number of nitrogens with two attached hydrogens (primary N) is 2. The summed E-state index contributed by atoms with van der Waals surface area (Å²) in [4.78, 5) is 0. The van der Waals surface area contributed by atoms with Crippen LogP contribution in [0.4, 0.5) is 11.4 Å². The number of fused-ring (bicyclic) bond motifs is 1. The predicted octanol–water partition coefficient (Wildman–Crippen LogP) is 3.29. The predicted molar refractivity (Wildman–Crippen MR) is 73.0 cm³/mol. The van der Waals surface area contributed by atoms with Gasteiger partial charge < -0.3 is 11.5 Å². The Balaban J connectivity index is 3.06. The Morgan fingerprint density at radius 3 is 1.56 bits per heavy atom. The SMILES string of the molecule is C=Cc1ccc(N)c2c(N)ccc(C=C)c12. The number of benzene rings is 2. The van der Waals surface area contributed by atoms with Gasteiger partial charge in [0.2, 0.25) is 0 Å². The first-order valence-electron chi connectivity index (χ1n) is 5.04. The smallest absolute Gasteiger partial charge is 0.0415 e. The third-order valence-corrected chi connectivity index (χ3v) is 2.73. The van der Waals surface area contributed by atoms with Crippen LogP contribution in [0.2, 0.25) is 0 Å². The van der Waals surface area contributed by atoms with Gasteiger partial charge in [0.1, 0.15) is 0 Å². The molecule has 80 valence electrons. The fraction of sp³-hybridized carbons (Fsp3) is 0. The van der Waals surface area contributed by atoms with Crippen LogP contribution in [0.25, 0.3) is 22.9 Å². The molecule has 2 aromatic carbocycles. The third-order valence-electron chi connectivity index (χ3n) is 2.73. The molecule has 0 radical (unpaired) electrons. The molecule has 0 saturated carbocycles. The van der Waals surface area contributed by atoms with E-state index in [1.165, 1.54) is 0 Å².